The van der Waals surface area contributed by atoms with Crippen LogP contribution in [-0.2, 0) is 0 Å². The van der Waals surface area contributed by atoms with Gasteiger partial charge in [0.15, 0.2) is 11.9 Å². The van der Waals surface area contributed by atoms with Gasteiger partial charge in [-0.05, 0) is 12.1 Å². The molecular weight excluding hydrogens is 202 g/mol. The second-order valence-corrected chi connectivity index (χ2v) is 3.39. The minimum atomic E-state index is -1.19. The molecule has 2 rings (SSSR count). The molecule has 1 heterocycles. The number of carbonyl (C=O) groups excluding carboxylic acids is 1. The normalized spacial score (nSPS) is 12.1. The second kappa shape index (κ2) is 4.68. The lowest BCUT2D eigenvalue weighted by Gasteiger charge is -2.08. The van der Waals surface area contributed by atoms with E-state index >= 15 is 0 Å². The van der Waals surface area contributed by atoms with Crippen molar-refractivity contribution in [2.24, 2.45) is 0 Å². The predicted molar refractivity (Wildman–Crippen MR) is 60.0 cm³/mol. The van der Waals surface area contributed by atoms with E-state index in [0.717, 1.165) is 0 Å². The lowest BCUT2D eigenvalue weighted by Crippen LogP contribution is -2.13. The molecule has 0 amide bonds. The van der Waals surface area contributed by atoms with E-state index in [9.17, 15) is 9.90 Å². The summed E-state index contributed by atoms with van der Waals surface area (Å²) >= 11 is 0. The van der Waals surface area contributed by atoms with Crippen LogP contribution in [-0.4, -0.2) is 15.9 Å². The first-order valence-corrected chi connectivity index (χ1v) is 4.97. The summed E-state index contributed by atoms with van der Waals surface area (Å²) in [5.74, 6) is -0.334. The fourth-order valence-electron chi connectivity index (χ4n) is 1.43. The van der Waals surface area contributed by atoms with Crippen LogP contribution in [0, 0.1) is 0 Å². The van der Waals surface area contributed by atoms with Gasteiger partial charge in [0.05, 0.1) is 5.69 Å². The zero-order valence-corrected chi connectivity index (χ0v) is 8.58. The number of nitrogens with zero attached hydrogens (tertiary/aromatic N) is 1. The fourth-order valence-corrected chi connectivity index (χ4v) is 1.43. The number of ketones is 1. The maximum atomic E-state index is 11.9. The van der Waals surface area contributed by atoms with Crippen LogP contribution in [0.5, 0.6) is 0 Å². The van der Waals surface area contributed by atoms with E-state index in [4.69, 9.17) is 0 Å². The summed E-state index contributed by atoms with van der Waals surface area (Å²) in [7, 11) is 0. The molecule has 0 bridgehead atoms. The van der Waals surface area contributed by atoms with Crippen LogP contribution in [0.4, 0.5) is 0 Å². The van der Waals surface area contributed by atoms with Crippen LogP contribution in [0.3, 0.4) is 0 Å². The minimum absolute atomic E-state index is 0.334. The smallest absolute Gasteiger partial charge is 0.197 e. The Bertz CT molecular complexity index is 468. The van der Waals surface area contributed by atoms with Crippen LogP contribution in [0.15, 0.2) is 54.7 Å². The van der Waals surface area contributed by atoms with Crippen LogP contribution < -0.4 is 0 Å². The Hall–Kier alpha value is -2.00. The van der Waals surface area contributed by atoms with E-state index in [2.05, 4.69) is 4.98 Å². The molecule has 0 aliphatic rings. The lowest BCUT2D eigenvalue weighted by molar-refractivity contribution is 0.0740. The largest absolute Gasteiger partial charge is 0.379 e. The van der Waals surface area contributed by atoms with Crippen molar-refractivity contribution in [1.29, 1.82) is 0 Å². The first-order valence-electron chi connectivity index (χ1n) is 4.97. The number of aliphatic hydroxyl groups excluding tert-OH is 1. The number of hydrogen-bond donors (Lipinski definition) is 1. The van der Waals surface area contributed by atoms with Gasteiger partial charge < -0.3 is 5.11 Å². The molecule has 0 aliphatic carbocycles. The molecule has 0 aliphatic heterocycles. The molecule has 2 aromatic rings. The van der Waals surface area contributed by atoms with E-state index in [1.54, 1.807) is 48.7 Å². The number of aromatic nitrogens is 1. The molecule has 80 valence electrons. The summed E-state index contributed by atoms with van der Waals surface area (Å²) in [5.41, 5.74) is 0.858. The summed E-state index contributed by atoms with van der Waals surface area (Å²) in [4.78, 5) is 15.8. The van der Waals surface area contributed by atoms with Gasteiger partial charge in [0, 0.05) is 11.8 Å². The van der Waals surface area contributed by atoms with Crippen LogP contribution >= 0.6 is 0 Å². The summed E-state index contributed by atoms with van der Waals surface area (Å²) in [5, 5.41) is 9.83. The van der Waals surface area contributed by atoms with Gasteiger partial charge in [0.2, 0.25) is 0 Å². The van der Waals surface area contributed by atoms with Crippen molar-refractivity contribution >= 4 is 5.78 Å². The molecule has 0 saturated heterocycles. The van der Waals surface area contributed by atoms with E-state index in [0.29, 0.717) is 11.3 Å². The molecular formula is C13H11NO2. The molecule has 1 aromatic carbocycles. The quantitative estimate of drug-likeness (QED) is 0.793. The Kier molecular flexibility index (Phi) is 3.08. The summed E-state index contributed by atoms with van der Waals surface area (Å²) < 4.78 is 0. The maximum Gasteiger partial charge on any atom is 0.197 e. The third-order valence-electron chi connectivity index (χ3n) is 2.27. The van der Waals surface area contributed by atoms with Crippen LogP contribution in [0.2, 0.25) is 0 Å². The van der Waals surface area contributed by atoms with Gasteiger partial charge in [-0.25, -0.2) is 0 Å². The van der Waals surface area contributed by atoms with Crippen molar-refractivity contribution in [3.8, 4) is 0 Å². The molecule has 0 saturated carbocycles. The Morgan fingerprint density at radius 2 is 1.75 bits per heavy atom. The number of pyridine rings is 1. The average molecular weight is 213 g/mol. The van der Waals surface area contributed by atoms with Gasteiger partial charge in [-0.3, -0.25) is 9.78 Å². The van der Waals surface area contributed by atoms with Crippen molar-refractivity contribution in [3.05, 3.63) is 66.0 Å². The molecule has 1 aromatic heterocycles. The molecule has 1 N–H and O–H groups in total. The van der Waals surface area contributed by atoms with Gasteiger partial charge in [-0.15, -0.1) is 0 Å². The van der Waals surface area contributed by atoms with Gasteiger partial charge in [-0.2, -0.15) is 0 Å². The van der Waals surface area contributed by atoms with Gasteiger partial charge in [-0.1, -0.05) is 36.4 Å². The molecule has 0 spiro atoms. The van der Waals surface area contributed by atoms with Gasteiger partial charge >= 0.3 is 0 Å². The number of benzene rings is 1. The first-order chi connectivity index (χ1) is 7.79. The second-order valence-electron chi connectivity index (χ2n) is 3.39. The first kappa shape index (κ1) is 10.5. The number of carbonyl (C=O) groups is 1. The topological polar surface area (TPSA) is 50.2 Å². The number of aliphatic hydroxyl groups is 1. The van der Waals surface area contributed by atoms with E-state index in [1.807, 2.05) is 6.07 Å². The standard InChI is InChI=1S/C13H11NO2/c15-12(10-6-2-1-3-7-10)13(16)11-8-4-5-9-14-11/h1-9,13,16H. The van der Waals surface area contributed by atoms with Gasteiger partial charge in [0.25, 0.3) is 0 Å². The summed E-state index contributed by atoms with van der Waals surface area (Å²) in [6.07, 6.45) is 0.361. The van der Waals surface area contributed by atoms with Crippen molar-refractivity contribution < 1.29 is 9.90 Å². The summed E-state index contributed by atoms with van der Waals surface area (Å²) in [6, 6.07) is 13.8. The highest BCUT2D eigenvalue weighted by molar-refractivity contribution is 5.99. The van der Waals surface area contributed by atoms with E-state index in [1.165, 1.54) is 0 Å². The molecule has 3 nitrogen and oxygen atoms in total. The van der Waals surface area contributed by atoms with Crippen LogP contribution in [0.1, 0.15) is 22.2 Å². The number of rotatable bonds is 3. The average Bonchev–Trinajstić information content (AvgIpc) is 2.39. The zero-order chi connectivity index (χ0) is 11.4. The monoisotopic (exact) mass is 213 g/mol. The van der Waals surface area contributed by atoms with Crippen molar-refractivity contribution in [2.75, 3.05) is 0 Å². The Morgan fingerprint density at radius 3 is 2.38 bits per heavy atom. The predicted octanol–water partition coefficient (Wildman–Crippen LogP) is 2.00. The third kappa shape index (κ3) is 2.15. The molecule has 16 heavy (non-hydrogen) atoms. The van der Waals surface area contributed by atoms with E-state index in [-0.39, 0.29) is 5.78 Å². The third-order valence-corrected chi connectivity index (χ3v) is 2.27. The molecule has 0 radical (unpaired) electrons. The highest BCUT2D eigenvalue weighted by Gasteiger charge is 2.19. The zero-order valence-electron chi connectivity index (χ0n) is 8.58. The number of hydrogen-bond acceptors (Lipinski definition) is 3. The molecule has 1 unspecified atom stereocenters. The molecule has 0 fully saturated rings. The Morgan fingerprint density at radius 1 is 1.06 bits per heavy atom. The van der Waals surface area contributed by atoms with Crippen molar-refractivity contribution in [1.82, 2.24) is 4.98 Å². The SMILES string of the molecule is O=C(c1ccccc1)C(O)c1ccccn1. The van der Waals surface area contributed by atoms with Crippen LogP contribution in [0.25, 0.3) is 0 Å². The van der Waals surface area contributed by atoms with Crippen molar-refractivity contribution in [3.63, 3.8) is 0 Å². The van der Waals surface area contributed by atoms with Crippen molar-refractivity contribution in [2.45, 2.75) is 6.10 Å². The minimum Gasteiger partial charge on any atom is -0.379 e. The highest BCUT2D eigenvalue weighted by atomic mass is 16.3. The number of Topliss-reactive ketones (excluding diaryl/α,β-unsaturated/α-hetero) is 1. The van der Waals surface area contributed by atoms with E-state index < -0.39 is 6.10 Å². The lowest BCUT2D eigenvalue weighted by atomic mass is 10.0. The fraction of sp³-hybridized carbons (Fsp3) is 0.0769. The van der Waals surface area contributed by atoms with Gasteiger partial charge in [0.1, 0.15) is 0 Å². The molecule has 3 heteroatoms. The highest BCUT2D eigenvalue weighted by Crippen LogP contribution is 2.15. The summed E-state index contributed by atoms with van der Waals surface area (Å²) in [6.45, 7) is 0. The maximum absolute atomic E-state index is 11.9. The molecule has 1 atom stereocenters. The Balaban J connectivity index is 2.24. The Labute approximate surface area is 93.4 Å².